The smallest absolute Gasteiger partial charge is 0.191 e. The Kier molecular flexibility index (Phi) is 5.61. The van der Waals surface area contributed by atoms with Crippen molar-refractivity contribution < 1.29 is 0 Å². The number of benzene rings is 1. The number of anilines is 1. The number of hydrogen-bond donors (Lipinski definition) is 2. The topological polar surface area (TPSA) is 70.4 Å². The quantitative estimate of drug-likeness (QED) is 0.561. The summed E-state index contributed by atoms with van der Waals surface area (Å²) in [5, 5.41) is 15.5. The summed E-state index contributed by atoms with van der Waals surface area (Å²) >= 11 is 3.66. The molecule has 1 aromatic heterocycles. The van der Waals surface area contributed by atoms with Crippen molar-refractivity contribution in [1.82, 2.24) is 25.4 Å². The lowest BCUT2D eigenvalue weighted by atomic mass is 10.3. The minimum atomic E-state index is 0.374. The van der Waals surface area contributed by atoms with Crippen molar-refractivity contribution >= 4 is 27.6 Å². The highest BCUT2D eigenvalue weighted by Crippen LogP contribution is 2.28. The van der Waals surface area contributed by atoms with E-state index in [1.807, 2.05) is 0 Å². The van der Waals surface area contributed by atoms with Gasteiger partial charge in [-0.05, 0) is 47.8 Å². The van der Waals surface area contributed by atoms with Crippen LogP contribution in [0.2, 0.25) is 0 Å². The van der Waals surface area contributed by atoms with Crippen LogP contribution in [0.4, 0.5) is 5.69 Å². The van der Waals surface area contributed by atoms with Crippen molar-refractivity contribution in [3.8, 4) is 0 Å². The fourth-order valence-corrected chi connectivity index (χ4v) is 4.33. The lowest BCUT2D eigenvalue weighted by Gasteiger charge is -2.21. The van der Waals surface area contributed by atoms with Gasteiger partial charge in [0.2, 0.25) is 0 Å². The van der Waals surface area contributed by atoms with Gasteiger partial charge in [0, 0.05) is 43.1 Å². The highest BCUT2D eigenvalue weighted by atomic mass is 79.9. The predicted molar refractivity (Wildman–Crippen MR) is 111 cm³/mol. The summed E-state index contributed by atoms with van der Waals surface area (Å²) < 4.78 is 3.35. The van der Waals surface area contributed by atoms with Gasteiger partial charge in [-0.15, -0.1) is 10.2 Å². The fourth-order valence-electron chi connectivity index (χ4n) is 3.80. The molecule has 2 aliphatic rings. The first kappa shape index (κ1) is 18.3. The van der Waals surface area contributed by atoms with Crippen LogP contribution >= 0.6 is 15.9 Å². The Morgan fingerprint density at radius 3 is 3.04 bits per heavy atom. The van der Waals surface area contributed by atoms with E-state index in [0.717, 1.165) is 67.5 Å². The molecule has 2 aromatic rings. The SMILES string of the molecule is CCNC(=NCc1nnc2n1CCC2)NC1CCN(c2ccccc2Br)C1. The first-order chi connectivity index (χ1) is 13.2. The molecule has 2 N–H and O–H groups in total. The van der Waals surface area contributed by atoms with Gasteiger partial charge >= 0.3 is 0 Å². The van der Waals surface area contributed by atoms with Gasteiger partial charge in [0.15, 0.2) is 11.8 Å². The molecule has 2 aliphatic heterocycles. The number of rotatable bonds is 5. The molecule has 1 atom stereocenters. The Morgan fingerprint density at radius 1 is 1.30 bits per heavy atom. The number of guanidine groups is 1. The maximum atomic E-state index is 4.76. The van der Waals surface area contributed by atoms with Crippen LogP contribution in [0.1, 0.15) is 31.4 Å². The van der Waals surface area contributed by atoms with Gasteiger partial charge in [-0.1, -0.05) is 12.1 Å². The summed E-state index contributed by atoms with van der Waals surface area (Å²) in [5.41, 5.74) is 1.25. The van der Waals surface area contributed by atoms with E-state index < -0.39 is 0 Å². The molecule has 27 heavy (non-hydrogen) atoms. The molecular formula is C19H26BrN7. The van der Waals surface area contributed by atoms with Crippen LogP contribution in [-0.2, 0) is 19.5 Å². The van der Waals surface area contributed by atoms with E-state index in [-0.39, 0.29) is 0 Å². The lowest BCUT2D eigenvalue weighted by molar-refractivity contribution is 0.643. The monoisotopic (exact) mass is 431 g/mol. The zero-order valence-corrected chi connectivity index (χ0v) is 17.2. The molecular weight excluding hydrogens is 406 g/mol. The molecule has 0 bridgehead atoms. The van der Waals surface area contributed by atoms with Crippen LogP contribution in [0.5, 0.6) is 0 Å². The Balaban J connectivity index is 1.39. The van der Waals surface area contributed by atoms with Crippen LogP contribution in [-0.4, -0.2) is 46.4 Å². The highest BCUT2D eigenvalue weighted by molar-refractivity contribution is 9.10. The average Bonchev–Trinajstić information content (AvgIpc) is 3.38. The minimum absolute atomic E-state index is 0.374. The first-order valence-electron chi connectivity index (χ1n) is 9.70. The van der Waals surface area contributed by atoms with Gasteiger partial charge in [0.1, 0.15) is 12.4 Å². The van der Waals surface area contributed by atoms with E-state index in [4.69, 9.17) is 4.99 Å². The molecule has 0 amide bonds. The Labute approximate surface area is 168 Å². The number of aryl methyl sites for hydroxylation is 1. The molecule has 1 saturated heterocycles. The van der Waals surface area contributed by atoms with E-state index in [1.165, 1.54) is 5.69 Å². The molecule has 0 radical (unpaired) electrons. The second-order valence-corrected chi connectivity index (χ2v) is 7.86. The Hall–Kier alpha value is -2.09. The van der Waals surface area contributed by atoms with Crippen molar-refractivity contribution in [2.24, 2.45) is 4.99 Å². The van der Waals surface area contributed by atoms with Gasteiger partial charge in [0.25, 0.3) is 0 Å². The third-order valence-corrected chi connectivity index (χ3v) is 5.80. The summed E-state index contributed by atoms with van der Waals surface area (Å²) in [5.74, 6) is 2.91. The lowest BCUT2D eigenvalue weighted by Crippen LogP contribution is -2.44. The van der Waals surface area contributed by atoms with E-state index in [2.05, 4.69) is 77.4 Å². The van der Waals surface area contributed by atoms with Crippen molar-refractivity contribution in [1.29, 1.82) is 0 Å². The average molecular weight is 432 g/mol. The number of nitrogens with one attached hydrogen (secondary N) is 2. The minimum Gasteiger partial charge on any atom is -0.368 e. The van der Waals surface area contributed by atoms with Crippen LogP contribution in [0.15, 0.2) is 33.7 Å². The van der Waals surface area contributed by atoms with Crippen molar-refractivity contribution in [2.75, 3.05) is 24.5 Å². The molecule has 0 saturated carbocycles. The van der Waals surface area contributed by atoms with E-state index in [9.17, 15) is 0 Å². The van der Waals surface area contributed by atoms with Gasteiger partial charge < -0.3 is 20.1 Å². The second kappa shape index (κ2) is 8.29. The van der Waals surface area contributed by atoms with Crippen molar-refractivity contribution in [2.45, 2.75) is 45.3 Å². The first-order valence-corrected chi connectivity index (χ1v) is 10.5. The van der Waals surface area contributed by atoms with E-state index >= 15 is 0 Å². The Bertz CT molecular complexity index is 816. The maximum absolute atomic E-state index is 4.76. The third kappa shape index (κ3) is 4.10. The van der Waals surface area contributed by atoms with Crippen LogP contribution < -0.4 is 15.5 Å². The summed E-state index contributed by atoms with van der Waals surface area (Å²) in [7, 11) is 0. The van der Waals surface area contributed by atoms with E-state index in [1.54, 1.807) is 0 Å². The molecule has 1 aromatic carbocycles. The zero-order chi connectivity index (χ0) is 18.6. The number of aromatic nitrogens is 3. The number of hydrogen-bond acceptors (Lipinski definition) is 4. The fraction of sp³-hybridized carbons (Fsp3) is 0.526. The van der Waals surface area contributed by atoms with Gasteiger partial charge in [0.05, 0.1) is 5.69 Å². The van der Waals surface area contributed by atoms with Crippen molar-refractivity contribution in [3.05, 3.63) is 40.4 Å². The maximum Gasteiger partial charge on any atom is 0.191 e. The normalized spacial score (nSPS) is 19.4. The molecule has 3 heterocycles. The summed E-state index contributed by atoms with van der Waals surface area (Å²) in [4.78, 5) is 7.17. The zero-order valence-electron chi connectivity index (χ0n) is 15.7. The molecule has 0 aliphatic carbocycles. The number of fused-ring (bicyclic) bond motifs is 1. The predicted octanol–water partition coefficient (Wildman–Crippen LogP) is 2.32. The largest absolute Gasteiger partial charge is 0.368 e. The van der Waals surface area contributed by atoms with Gasteiger partial charge in [-0.3, -0.25) is 0 Å². The molecule has 4 rings (SSSR count). The molecule has 7 nitrogen and oxygen atoms in total. The molecule has 0 spiro atoms. The highest BCUT2D eigenvalue weighted by Gasteiger charge is 2.24. The standard InChI is InChI=1S/C19H26BrN7/c1-2-21-19(22-12-18-25-24-17-8-5-10-27(17)18)23-14-9-11-26(13-14)16-7-4-3-6-15(16)20/h3-4,6-7,14H,2,5,8-13H2,1H3,(H2,21,22,23). The van der Waals surface area contributed by atoms with Gasteiger partial charge in [-0.2, -0.15) is 0 Å². The molecule has 1 fully saturated rings. The third-order valence-electron chi connectivity index (χ3n) is 5.13. The number of para-hydroxylation sites is 1. The second-order valence-electron chi connectivity index (χ2n) is 7.01. The number of halogens is 1. The molecule has 8 heteroatoms. The summed E-state index contributed by atoms with van der Waals surface area (Å²) in [6.45, 7) is 6.51. The number of nitrogens with zero attached hydrogens (tertiary/aromatic N) is 5. The molecule has 1 unspecified atom stereocenters. The van der Waals surface area contributed by atoms with Crippen LogP contribution in [0.3, 0.4) is 0 Å². The van der Waals surface area contributed by atoms with Crippen molar-refractivity contribution in [3.63, 3.8) is 0 Å². The van der Waals surface area contributed by atoms with Crippen LogP contribution in [0.25, 0.3) is 0 Å². The number of aliphatic imine (C=N–C) groups is 1. The summed E-state index contributed by atoms with van der Waals surface area (Å²) in [6, 6.07) is 8.77. The Morgan fingerprint density at radius 2 is 2.19 bits per heavy atom. The van der Waals surface area contributed by atoms with Crippen LogP contribution in [0, 0.1) is 0 Å². The summed E-state index contributed by atoms with van der Waals surface area (Å²) in [6.07, 6.45) is 3.28. The van der Waals surface area contributed by atoms with E-state index in [0.29, 0.717) is 12.6 Å². The molecule has 144 valence electrons. The van der Waals surface area contributed by atoms with Gasteiger partial charge in [-0.25, -0.2) is 4.99 Å².